The second-order valence-electron chi connectivity index (χ2n) is 4.64. The van der Waals surface area contributed by atoms with Crippen molar-refractivity contribution in [2.75, 3.05) is 18.5 Å². The summed E-state index contributed by atoms with van der Waals surface area (Å²) in [6.45, 7) is 4.92. The second kappa shape index (κ2) is 6.29. The molecule has 0 fully saturated rings. The molecule has 0 amide bonds. The van der Waals surface area contributed by atoms with Gasteiger partial charge < -0.3 is 10.1 Å². The summed E-state index contributed by atoms with van der Waals surface area (Å²) < 4.78 is 5.41. The third-order valence-electron chi connectivity index (χ3n) is 2.81. The van der Waals surface area contributed by atoms with Crippen molar-refractivity contribution in [1.82, 2.24) is 4.98 Å². The first-order chi connectivity index (χ1) is 9.59. The lowest BCUT2D eigenvalue weighted by atomic mass is 10.1. The van der Waals surface area contributed by atoms with E-state index in [0.29, 0.717) is 29.7 Å². The molecule has 1 aromatic carbocycles. The number of nitro benzene ring substituents is 1. The summed E-state index contributed by atoms with van der Waals surface area (Å²) in [4.78, 5) is 15.0. The standard InChI is InChI=1S/C14H17N3O3/c1-10(2)20-9-8-16-13-6-5-12-11(4-3-7-15-12)14(13)17(18)19/h3-7,10,16H,8-9H2,1-2H3. The monoisotopic (exact) mass is 275 g/mol. The van der Waals surface area contributed by atoms with Gasteiger partial charge in [0.1, 0.15) is 5.69 Å². The van der Waals surface area contributed by atoms with Gasteiger partial charge in [-0.3, -0.25) is 15.1 Å². The van der Waals surface area contributed by atoms with Crippen LogP contribution in [-0.4, -0.2) is 29.2 Å². The summed E-state index contributed by atoms with van der Waals surface area (Å²) >= 11 is 0. The van der Waals surface area contributed by atoms with Gasteiger partial charge in [0.25, 0.3) is 0 Å². The number of benzene rings is 1. The second-order valence-corrected chi connectivity index (χ2v) is 4.64. The van der Waals surface area contributed by atoms with Crippen molar-refractivity contribution in [2.24, 2.45) is 0 Å². The molecule has 0 radical (unpaired) electrons. The number of aromatic nitrogens is 1. The maximum absolute atomic E-state index is 11.3. The minimum atomic E-state index is -0.379. The van der Waals surface area contributed by atoms with Gasteiger partial charge in [-0.2, -0.15) is 0 Å². The lowest BCUT2D eigenvalue weighted by Crippen LogP contribution is -2.14. The Morgan fingerprint density at radius 1 is 1.40 bits per heavy atom. The van der Waals surface area contributed by atoms with Crippen molar-refractivity contribution in [3.63, 3.8) is 0 Å². The zero-order valence-corrected chi connectivity index (χ0v) is 11.5. The molecule has 0 bridgehead atoms. The van der Waals surface area contributed by atoms with Crippen LogP contribution in [0.4, 0.5) is 11.4 Å². The number of nitrogens with zero attached hydrogens (tertiary/aromatic N) is 2. The Hall–Kier alpha value is -2.21. The number of nitrogens with one attached hydrogen (secondary N) is 1. The maximum atomic E-state index is 11.3. The summed E-state index contributed by atoms with van der Waals surface area (Å²) in [6.07, 6.45) is 1.77. The van der Waals surface area contributed by atoms with Gasteiger partial charge >= 0.3 is 5.69 Å². The smallest absolute Gasteiger partial charge is 0.301 e. The van der Waals surface area contributed by atoms with Gasteiger partial charge in [-0.15, -0.1) is 0 Å². The number of nitro groups is 1. The number of hydrogen-bond donors (Lipinski definition) is 1. The van der Waals surface area contributed by atoms with E-state index in [1.807, 2.05) is 13.8 Å². The van der Waals surface area contributed by atoms with Crippen LogP contribution in [-0.2, 0) is 4.74 Å². The lowest BCUT2D eigenvalue weighted by Gasteiger charge is -2.10. The maximum Gasteiger partial charge on any atom is 0.301 e. The highest BCUT2D eigenvalue weighted by Crippen LogP contribution is 2.32. The number of pyridine rings is 1. The van der Waals surface area contributed by atoms with E-state index in [1.54, 1.807) is 30.5 Å². The van der Waals surface area contributed by atoms with Crippen LogP contribution in [0.25, 0.3) is 10.9 Å². The SMILES string of the molecule is CC(C)OCCNc1ccc2ncccc2c1[N+](=O)[O-]. The molecule has 6 heteroatoms. The molecule has 0 atom stereocenters. The molecule has 2 rings (SSSR count). The Kier molecular flexibility index (Phi) is 4.47. The average molecular weight is 275 g/mol. The normalized spacial score (nSPS) is 10.9. The van der Waals surface area contributed by atoms with Crippen molar-refractivity contribution in [3.05, 3.63) is 40.6 Å². The van der Waals surface area contributed by atoms with Crippen molar-refractivity contribution >= 4 is 22.3 Å². The summed E-state index contributed by atoms with van der Waals surface area (Å²) in [5, 5.41) is 14.9. The number of hydrogen-bond acceptors (Lipinski definition) is 5. The van der Waals surface area contributed by atoms with Crippen molar-refractivity contribution in [1.29, 1.82) is 0 Å². The van der Waals surface area contributed by atoms with E-state index in [1.165, 1.54) is 0 Å². The Bertz CT molecular complexity index is 614. The Labute approximate surface area is 116 Å². The van der Waals surface area contributed by atoms with Gasteiger partial charge in [0, 0.05) is 12.7 Å². The summed E-state index contributed by atoms with van der Waals surface area (Å²) in [5.74, 6) is 0. The fourth-order valence-electron chi connectivity index (χ4n) is 1.96. The van der Waals surface area contributed by atoms with E-state index >= 15 is 0 Å². The van der Waals surface area contributed by atoms with E-state index in [9.17, 15) is 10.1 Å². The summed E-state index contributed by atoms with van der Waals surface area (Å²) in [6, 6.07) is 6.86. The van der Waals surface area contributed by atoms with Gasteiger partial charge in [-0.1, -0.05) is 0 Å². The molecule has 2 aromatic rings. The van der Waals surface area contributed by atoms with E-state index in [0.717, 1.165) is 0 Å². The quantitative estimate of drug-likeness (QED) is 0.498. The van der Waals surface area contributed by atoms with E-state index in [-0.39, 0.29) is 16.7 Å². The molecule has 0 aliphatic rings. The highest BCUT2D eigenvalue weighted by atomic mass is 16.6. The first-order valence-electron chi connectivity index (χ1n) is 6.47. The van der Waals surface area contributed by atoms with Crippen LogP contribution in [0.2, 0.25) is 0 Å². The molecule has 1 N–H and O–H groups in total. The molecule has 0 saturated carbocycles. The lowest BCUT2D eigenvalue weighted by molar-refractivity contribution is -0.382. The van der Waals surface area contributed by atoms with Gasteiger partial charge in [0.2, 0.25) is 0 Å². The predicted molar refractivity (Wildman–Crippen MR) is 78.0 cm³/mol. The van der Waals surface area contributed by atoms with Crippen LogP contribution in [0.1, 0.15) is 13.8 Å². The van der Waals surface area contributed by atoms with Crippen LogP contribution < -0.4 is 5.32 Å². The molecule has 6 nitrogen and oxygen atoms in total. The van der Waals surface area contributed by atoms with Crippen LogP contribution in [0.15, 0.2) is 30.5 Å². The van der Waals surface area contributed by atoms with Crippen LogP contribution >= 0.6 is 0 Å². The third-order valence-corrected chi connectivity index (χ3v) is 2.81. The molecule has 1 heterocycles. The minimum absolute atomic E-state index is 0.0557. The number of rotatable bonds is 6. The van der Waals surface area contributed by atoms with Crippen LogP contribution in [0.5, 0.6) is 0 Å². The van der Waals surface area contributed by atoms with E-state index in [4.69, 9.17) is 4.74 Å². The highest BCUT2D eigenvalue weighted by Gasteiger charge is 2.18. The van der Waals surface area contributed by atoms with E-state index in [2.05, 4.69) is 10.3 Å². The van der Waals surface area contributed by atoms with Crippen molar-refractivity contribution in [2.45, 2.75) is 20.0 Å². The van der Waals surface area contributed by atoms with Gasteiger partial charge in [0.15, 0.2) is 0 Å². The van der Waals surface area contributed by atoms with Gasteiger partial charge in [-0.25, -0.2) is 0 Å². The minimum Gasteiger partial charge on any atom is -0.377 e. The zero-order valence-electron chi connectivity index (χ0n) is 11.5. The molecular formula is C14H17N3O3. The topological polar surface area (TPSA) is 77.3 Å². The molecule has 0 saturated heterocycles. The first kappa shape index (κ1) is 14.2. The van der Waals surface area contributed by atoms with E-state index < -0.39 is 0 Å². The van der Waals surface area contributed by atoms with Gasteiger partial charge in [0.05, 0.1) is 28.5 Å². The molecule has 0 unspecified atom stereocenters. The zero-order chi connectivity index (χ0) is 14.5. The van der Waals surface area contributed by atoms with Crippen LogP contribution in [0.3, 0.4) is 0 Å². The molecule has 106 valence electrons. The van der Waals surface area contributed by atoms with Crippen LogP contribution in [0, 0.1) is 10.1 Å². The molecule has 1 aromatic heterocycles. The number of ether oxygens (including phenoxy) is 1. The largest absolute Gasteiger partial charge is 0.377 e. The molecule has 0 aliphatic carbocycles. The van der Waals surface area contributed by atoms with Crippen molar-refractivity contribution < 1.29 is 9.66 Å². The first-order valence-corrected chi connectivity index (χ1v) is 6.47. The molecule has 0 spiro atoms. The van der Waals surface area contributed by atoms with Crippen molar-refractivity contribution in [3.8, 4) is 0 Å². The Morgan fingerprint density at radius 3 is 2.90 bits per heavy atom. The third kappa shape index (κ3) is 3.21. The van der Waals surface area contributed by atoms with Gasteiger partial charge in [-0.05, 0) is 38.1 Å². The number of fused-ring (bicyclic) bond motifs is 1. The average Bonchev–Trinajstić information content (AvgIpc) is 2.42. The summed E-state index contributed by atoms with van der Waals surface area (Å²) in [5.41, 5.74) is 1.16. The fourth-order valence-corrected chi connectivity index (χ4v) is 1.96. The predicted octanol–water partition coefficient (Wildman–Crippen LogP) is 2.98. The number of anilines is 1. The molecule has 0 aliphatic heterocycles. The Morgan fingerprint density at radius 2 is 2.20 bits per heavy atom. The summed E-state index contributed by atoms with van der Waals surface area (Å²) in [7, 11) is 0. The molecular weight excluding hydrogens is 258 g/mol. The highest BCUT2D eigenvalue weighted by molar-refractivity contribution is 5.94. The molecule has 20 heavy (non-hydrogen) atoms. The fraction of sp³-hybridized carbons (Fsp3) is 0.357. The Balaban J connectivity index is 2.24.